The molecule has 1 aliphatic heterocycles. The van der Waals surface area contributed by atoms with E-state index in [0.29, 0.717) is 13.0 Å². The molecular formula is C14H21FN2O2. The van der Waals surface area contributed by atoms with Gasteiger partial charge in [0.25, 0.3) is 0 Å². The molecule has 5 heteroatoms. The lowest BCUT2D eigenvalue weighted by molar-refractivity contribution is -0.00461. The van der Waals surface area contributed by atoms with Crippen molar-refractivity contribution in [3.8, 4) is 0 Å². The van der Waals surface area contributed by atoms with Gasteiger partial charge in [0.2, 0.25) is 0 Å². The van der Waals surface area contributed by atoms with Gasteiger partial charge in [0.15, 0.2) is 0 Å². The van der Waals surface area contributed by atoms with Gasteiger partial charge in [0, 0.05) is 33.0 Å². The summed E-state index contributed by atoms with van der Waals surface area (Å²) in [5, 5.41) is 0. The van der Waals surface area contributed by atoms with Gasteiger partial charge in [-0.05, 0) is 36.7 Å². The predicted molar refractivity (Wildman–Crippen MR) is 73.0 cm³/mol. The SMILES string of the molecule is COC1CN(c2ccc(F)cc2CCN)CC1OC. The van der Waals surface area contributed by atoms with Gasteiger partial charge in [0.1, 0.15) is 18.0 Å². The lowest BCUT2D eigenvalue weighted by atomic mass is 10.1. The van der Waals surface area contributed by atoms with Gasteiger partial charge in [-0.15, -0.1) is 0 Å². The van der Waals surface area contributed by atoms with Crippen molar-refractivity contribution in [2.45, 2.75) is 18.6 Å². The lowest BCUT2D eigenvalue weighted by Gasteiger charge is -2.21. The van der Waals surface area contributed by atoms with Crippen LogP contribution in [0.5, 0.6) is 0 Å². The highest BCUT2D eigenvalue weighted by atomic mass is 19.1. The smallest absolute Gasteiger partial charge is 0.123 e. The molecule has 19 heavy (non-hydrogen) atoms. The van der Waals surface area contributed by atoms with E-state index < -0.39 is 0 Å². The van der Waals surface area contributed by atoms with E-state index in [4.69, 9.17) is 15.2 Å². The van der Waals surface area contributed by atoms with Gasteiger partial charge >= 0.3 is 0 Å². The number of hydrogen-bond donors (Lipinski definition) is 1. The molecule has 4 nitrogen and oxygen atoms in total. The Labute approximate surface area is 113 Å². The molecule has 1 saturated heterocycles. The molecule has 0 radical (unpaired) electrons. The second-order valence-corrected chi connectivity index (χ2v) is 4.77. The van der Waals surface area contributed by atoms with Crippen molar-refractivity contribution < 1.29 is 13.9 Å². The normalized spacial score (nSPS) is 23.1. The van der Waals surface area contributed by atoms with Crippen LogP contribution in [0.4, 0.5) is 10.1 Å². The van der Waals surface area contributed by atoms with Crippen LogP contribution in [0, 0.1) is 5.82 Å². The van der Waals surface area contributed by atoms with Gasteiger partial charge in [-0.3, -0.25) is 0 Å². The molecule has 106 valence electrons. The van der Waals surface area contributed by atoms with Crippen LogP contribution >= 0.6 is 0 Å². The molecule has 1 aromatic rings. The third-order valence-corrected chi connectivity index (χ3v) is 3.62. The molecule has 0 aromatic heterocycles. The number of ether oxygens (including phenoxy) is 2. The number of rotatable bonds is 5. The van der Waals surface area contributed by atoms with E-state index >= 15 is 0 Å². The minimum Gasteiger partial charge on any atom is -0.377 e. The summed E-state index contributed by atoms with van der Waals surface area (Å²) in [7, 11) is 3.37. The van der Waals surface area contributed by atoms with Crippen LogP contribution in [0.25, 0.3) is 0 Å². The summed E-state index contributed by atoms with van der Waals surface area (Å²) in [4.78, 5) is 2.17. The number of halogens is 1. The summed E-state index contributed by atoms with van der Waals surface area (Å²) in [5.74, 6) is -0.224. The second kappa shape index (κ2) is 6.32. The Bertz CT molecular complexity index is 416. The molecule has 2 N–H and O–H groups in total. The number of benzene rings is 1. The maximum atomic E-state index is 13.3. The van der Waals surface area contributed by atoms with Crippen LogP contribution in [0.3, 0.4) is 0 Å². The van der Waals surface area contributed by atoms with Gasteiger partial charge < -0.3 is 20.1 Å². The molecule has 0 spiro atoms. The lowest BCUT2D eigenvalue weighted by Crippen LogP contribution is -2.27. The zero-order valence-electron chi connectivity index (χ0n) is 11.4. The van der Waals surface area contributed by atoms with E-state index in [1.54, 1.807) is 20.3 Å². The quantitative estimate of drug-likeness (QED) is 0.871. The Morgan fingerprint density at radius 2 is 1.89 bits per heavy atom. The highest BCUT2D eigenvalue weighted by Crippen LogP contribution is 2.27. The van der Waals surface area contributed by atoms with Gasteiger partial charge in [-0.25, -0.2) is 4.39 Å². The van der Waals surface area contributed by atoms with E-state index in [-0.39, 0.29) is 18.0 Å². The van der Waals surface area contributed by atoms with Crippen molar-refractivity contribution in [2.24, 2.45) is 5.73 Å². The van der Waals surface area contributed by atoms with Crippen molar-refractivity contribution in [3.05, 3.63) is 29.6 Å². The minimum atomic E-state index is -0.224. The maximum absolute atomic E-state index is 13.3. The highest BCUT2D eigenvalue weighted by Gasteiger charge is 2.33. The zero-order chi connectivity index (χ0) is 13.8. The minimum absolute atomic E-state index is 0.0424. The van der Waals surface area contributed by atoms with Crippen LogP contribution in [0.1, 0.15) is 5.56 Å². The zero-order valence-corrected chi connectivity index (χ0v) is 11.4. The largest absolute Gasteiger partial charge is 0.377 e. The predicted octanol–water partition coefficient (Wildman–Crippen LogP) is 1.18. The van der Waals surface area contributed by atoms with Crippen LogP contribution in [0.2, 0.25) is 0 Å². The fraction of sp³-hybridized carbons (Fsp3) is 0.571. The number of nitrogens with two attached hydrogens (primary N) is 1. The average Bonchev–Trinajstić information content (AvgIpc) is 2.82. The van der Waals surface area contributed by atoms with E-state index in [1.165, 1.54) is 6.07 Å². The van der Waals surface area contributed by atoms with E-state index in [1.807, 2.05) is 6.07 Å². The number of methoxy groups -OCH3 is 2. The first-order valence-corrected chi connectivity index (χ1v) is 6.48. The molecule has 0 aliphatic carbocycles. The second-order valence-electron chi connectivity index (χ2n) is 4.77. The first-order chi connectivity index (χ1) is 9.19. The molecule has 0 saturated carbocycles. The Hall–Kier alpha value is -1.17. The van der Waals surface area contributed by atoms with Crippen molar-refractivity contribution in [1.82, 2.24) is 0 Å². The van der Waals surface area contributed by atoms with Crippen LogP contribution < -0.4 is 10.6 Å². The maximum Gasteiger partial charge on any atom is 0.123 e. The van der Waals surface area contributed by atoms with Crippen molar-refractivity contribution >= 4 is 5.69 Å². The van der Waals surface area contributed by atoms with Crippen LogP contribution in [-0.2, 0) is 15.9 Å². The molecule has 1 aliphatic rings. The Kier molecular flexibility index (Phi) is 4.74. The monoisotopic (exact) mass is 268 g/mol. The first-order valence-electron chi connectivity index (χ1n) is 6.48. The average molecular weight is 268 g/mol. The summed E-state index contributed by atoms with van der Waals surface area (Å²) < 4.78 is 24.2. The molecule has 2 atom stereocenters. The molecule has 2 rings (SSSR count). The van der Waals surface area contributed by atoms with Crippen molar-refractivity contribution in [2.75, 3.05) is 38.8 Å². The summed E-state index contributed by atoms with van der Waals surface area (Å²) >= 11 is 0. The number of hydrogen-bond acceptors (Lipinski definition) is 4. The van der Waals surface area contributed by atoms with Crippen LogP contribution in [0.15, 0.2) is 18.2 Å². The molecule has 1 aromatic carbocycles. The fourth-order valence-electron chi connectivity index (χ4n) is 2.61. The summed E-state index contributed by atoms with van der Waals surface area (Å²) in [6.45, 7) is 2.00. The Morgan fingerprint density at radius 1 is 1.26 bits per heavy atom. The molecule has 1 heterocycles. The van der Waals surface area contributed by atoms with Crippen molar-refractivity contribution in [1.29, 1.82) is 0 Å². The van der Waals surface area contributed by atoms with Crippen LogP contribution in [-0.4, -0.2) is 46.1 Å². The third-order valence-electron chi connectivity index (χ3n) is 3.62. The van der Waals surface area contributed by atoms with Gasteiger partial charge in [-0.2, -0.15) is 0 Å². The van der Waals surface area contributed by atoms with Gasteiger partial charge in [-0.1, -0.05) is 0 Å². The molecule has 0 amide bonds. The number of anilines is 1. The number of nitrogens with zero attached hydrogens (tertiary/aromatic N) is 1. The standard InChI is InChI=1S/C14H21FN2O2/c1-18-13-8-17(9-14(13)19-2)12-4-3-11(15)7-10(12)5-6-16/h3-4,7,13-14H,5-6,8-9,16H2,1-2H3. The van der Waals surface area contributed by atoms with Crippen molar-refractivity contribution in [3.63, 3.8) is 0 Å². The molecular weight excluding hydrogens is 247 g/mol. The summed E-state index contributed by atoms with van der Waals surface area (Å²) in [5.41, 5.74) is 7.56. The fourth-order valence-corrected chi connectivity index (χ4v) is 2.61. The Morgan fingerprint density at radius 3 is 2.42 bits per heavy atom. The van der Waals surface area contributed by atoms with Gasteiger partial charge in [0.05, 0.1) is 0 Å². The summed E-state index contributed by atoms with van der Waals surface area (Å²) in [6, 6.07) is 4.85. The molecule has 1 fully saturated rings. The molecule has 2 unspecified atom stereocenters. The van der Waals surface area contributed by atoms with E-state index in [2.05, 4.69) is 4.90 Å². The van der Waals surface area contributed by atoms with E-state index in [9.17, 15) is 4.39 Å². The summed E-state index contributed by atoms with van der Waals surface area (Å²) in [6.07, 6.45) is 0.750. The Balaban J connectivity index is 2.22. The highest BCUT2D eigenvalue weighted by molar-refractivity contribution is 5.55. The van der Waals surface area contributed by atoms with E-state index in [0.717, 1.165) is 24.3 Å². The first kappa shape index (κ1) is 14.2. The third kappa shape index (κ3) is 3.05. The molecule has 0 bridgehead atoms. The topological polar surface area (TPSA) is 47.7 Å².